The lowest BCUT2D eigenvalue weighted by atomic mass is 10.0. The van der Waals surface area contributed by atoms with Gasteiger partial charge in [-0.1, -0.05) is 54.8 Å². The molecule has 12 nitrogen and oxygen atoms in total. The molecule has 1 saturated carbocycles. The first-order valence-corrected chi connectivity index (χ1v) is 17.4. The molecule has 45 heavy (non-hydrogen) atoms. The number of amides is 4. The fraction of sp³-hybridized carbons (Fsp3) is 0.613. The highest BCUT2D eigenvalue weighted by molar-refractivity contribution is 7.88. The lowest BCUT2D eigenvalue weighted by molar-refractivity contribution is -0.141. The van der Waals surface area contributed by atoms with E-state index in [-0.39, 0.29) is 18.9 Å². The zero-order valence-electron chi connectivity index (χ0n) is 26.1. The molecule has 4 rings (SSSR count). The fourth-order valence-corrected chi connectivity index (χ4v) is 6.91. The van der Waals surface area contributed by atoms with E-state index in [0.29, 0.717) is 50.1 Å². The van der Waals surface area contributed by atoms with Crippen LogP contribution >= 0.6 is 11.6 Å². The van der Waals surface area contributed by atoms with Gasteiger partial charge in [0.2, 0.25) is 11.8 Å². The predicted octanol–water partition coefficient (Wildman–Crippen LogP) is 3.11. The van der Waals surface area contributed by atoms with E-state index in [1.807, 2.05) is 12.2 Å². The van der Waals surface area contributed by atoms with Gasteiger partial charge in [-0.2, -0.15) is 13.1 Å². The normalized spacial score (nSPS) is 26.0. The zero-order chi connectivity index (χ0) is 32.8. The molecule has 1 aromatic carbocycles. The average Bonchev–Trinajstić information content (AvgIpc) is 3.40. The second-order valence-electron chi connectivity index (χ2n) is 12.9. The van der Waals surface area contributed by atoms with Crippen LogP contribution in [-0.2, 0) is 35.8 Å². The molecule has 0 radical (unpaired) electrons. The molecule has 4 atom stereocenters. The quantitative estimate of drug-likeness (QED) is 0.325. The second-order valence-corrected chi connectivity index (χ2v) is 14.8. The average molecular weight is 666 g/mol. The lowest BCUT2D eigenvalue weighted by Gasteiger charge is -2.30. The van der Waals surface area contributed by atoms with Crippen molar-refractivity contribution in [3.63, 3.8) is 0 Å². The molecule has 2 aliphatic heterocycles. The van der Waals surface area contributed by atoms with Gasteiger partial charge < -0.3 is 20.3 Å². The van der Waals surface area contributed by atoms with Crippen LogP contribution in [0.3, 0.4) is 0 Å². The minimum Gasteiger partial charge on any atom is -0.444 e. The number of ether oxygens (including phenoxy) is 1. The summed E-state index contributed by atoms with van der Waals surface area (Å²) in [4.78, 5) is 54.9. The molecule has 2 heterocycles. The van der Waals surface area contributed by atoms with Crippen LogP contribution in [0.15, 0.2) is 36.4 Å². The van der Waals surface area contributed by atoms with Crippen molar-refractivity contribution in [3.05, 3.63) is 47.0 Å². The third kappa shape index (κ3) is 9.43. The number of carbonyl (C=O) groups excluding carboxylic acids is 4. The standard InChI is InChI=1S/C31H44ClN5O7S/c1-30(2,3)44-29(41)34-24-15-8-6-4-5-7-13-22-20-31(22,35-26(38)25-16-11-19-37(25)27(24)39)28(40)36-45(42,43)33-18-17-21-12-9-10-14-23(21)32/h7,9-10,12-14,22,24-25,33H,4-6,8,11,15-20H2,1-3H3,(H,34,41)(H,35,38)(H,36,40)/t22-,24+,25+,31-/m1/s1. The minimum absolute atomic E-state index is 0.00663. The summed E-state index contributed by atoms with van der Waals surface area (Å²) in [5.74, 6) is -2.18. The van der Waals surface area contributed by atoms with Crippen molar-refractivity contribution in [1.29, 1.82) is 0 Å². The molecule has 248 valence electrons. The van der Waals surface area contributed by atoms with Gasteiger partial charge in [0, 0.05) is 24.0 Å². The summed E-state index contributed by atoms with van der Waals surface area (Å²) in [7, 11) is -4.25. The number of hydrogen-bond donors (Lipinski definition) is 4. The number of hydrogen-bond acceptors (Lipinski definition) is 7. The molecular weight excluding hydrogens is 622 g/mol. The Hall–Kier alpha value is -3.16. The number of rotatable bonds is 7. The molecular formula is C31H44ClN5O7S. The van der Waals surface area contributed by atoms with E-state index >= 15 is 0 Å². The van der Waals surface area contributed by atoms with Gasteiger partial charge in [-0.15, -0.1) is 0 Å². The number of benzene rings is 1. The van der Waals surface area contributed by atoms with E-state index in [2.05, 4.69) is 20.1 Å². The molecule has 14 heteroatoms. The summed E-state index contributed by atoms with van der Waals surface area (Å²) >= 11 is 6.16. The highest BCUT2D eigenvalue weighted by atomic mass is 35.5. The van der Waals surface area contributed by atoms with Crippen LogP contribution in [0.25, 0.3) is 0 Å². The van der Waals surface area contributed by atoms with Crippen LogP contribution in [0.1, 0.15) is 77.7 Å². The number of fused-ring (bicyclic) bond motifs is 2. The van der Waals surface area contributed by atoms with Gasteiger partial charge >= 0.3 is 16.3 Å². The summed E-state index contributed by atoms with van der Waals surface area (Å²) in [6, 6.07) is 5.33. The number of nitrogens with one attached hydrogen (secondary N) is 4. The Morgan fingerprint density at radius 3 is 2.60 bits per heavy atom. The van der Waals surface area contributed by atoms with Gasteiger partial charge in [-0.25, -0.2) is 9.52 Å². The van der Waals surface area contributed by atoms with Crippen LogP contribution < -0.4 is 20.1 Å². The number of alkyl carbamates (subject to hydrolysis) is 1. The van der Waals surface area contributed by atoms with E-state index in [9.17, 15) is 27.6 Å². The fourth-order valence-electron chi connectivity index (χ4n) is 5.81. The third-order valence-electron chi connectivity index (χ3n) is 8.20. The number of halogens is 1. The maximum atomic E-state index is 13.7. The Labute approximate surface area is 270 Å². The predicted molar refractivity (Wildman–Crippen MR) is 169 cm³/mol. The molecule has 4 N–H and O–H groups in total. The summed E-state index contributed by atoms with van der Waals surface area (Å²) in [5, 5.41) is 6.02. The van der Waals surface area contributed by atoms with Crippen molar-refractivity contribution < 1.29 is 32.3 Å². The maximum Gasteiger partial charge on any atom is 0.408 e. The number of allylic oxidation sites excluding steroid dienone is 1. The molecule has 0 unspecified atom stereocenters. The Morgan fingerprint density at radius 2 is 1.87 bits per heavy atom. The molecule has 1 aliphatic carbocycles. The first-order chi connectivity index (χ1) is 21.2. The molecule has 2 fully saturated rings. The van der Waals surface area contributed by atoms with Crippen LogP contribution in [-0.4, -0.2) is 73.4 Å². The van der Waals surface area contributed by atoms with Crippen LogP contribution in [0.4, 0.5) is 4.79 Å². The smallest absolute Gasteiger partial charge is 0.408 e. The first kappa shape index (κ1) is 34.7. The van der Waals surface area contributed by atoms with Gasteiger partial charge in [0.1, 0.15) is 23.2 Å². The largest absolute Gasteiger partial charge is 0.444 e. The molecule has 0 bridgehead atoms. The van der Waals surface area contributed by atoms with Gasteiger partial charge in [-0.3, -0.25) is 14.4 Å². The Bertz CT molecular complexity index is 1410. The minimum atomic E-state index is -4.25. The Kier molecular flexibility index (Phi) is 11.2. The lowest BCUT2D eigenvalue weighted by Crippen LogP contribution is -2.59. The summed E-state index contributed by atoms with van der Waals surface area (Å²) in [6.07, 6.45) is 7.95. The van der Waals surface area contributed by atoms with E-state index in [1.165, 1.54) is 4.90 Å². The van der Waals surface area contributed by atoms with Crippen LogP contribution in [0, 0.1) is 5.92 Å². The Balaban J connectivity index is 1.47. The van der Waals surface area contributed by atoms with Crippen molar-refractivity contribution in [3.8, 4) is 0 Å². The molecule has 0 aromatic heterocycles. The highest BCUT2D eigenvalue weighted by Gasteiger charge is 2.61. The second kappa shape index (κ2) is 14.5. The number of carbonyl (C=O) groups is 4. The molecule has 1 aromatic rings. The molecule has 4 amide bonds. The summed E-state index contributed by atoms with van der Waals surface area (Å²) in [6.45, 7) is 5.53. The SMILES string of the molecule is CC(C)(C)OC(=O)N[C@H]1CCCCCC=C[C@@H]2C[C@@]2(C(=O)NS(=O)(=O)NCCc2ccccc2Cl)NC(=O)[C@@H]2CCCN2C1=O. The Morgan fingerprint density at radius 1 is 1.11 bits per heavy atom. The number of nitrogens with zero attached hydrogens (tertiary/aromatic N) is 1. The van der Waals surface area contributed by atoms with Crippen LogP contribution in [0.5, 0.6) is 0 Å². The molecule has 3 aliphatic rings. The zero-order valence-corrected chi connectivity index (χ0v) is 27.6. The topological polar surface area (TPSA) is 163 Å². The van der Waals surface area contributed by atoms with E-state index in [0.717, 1.165) is 18.4 Å². The third-order valence-corrected chi connectivity index (χ3v) is 9.60. The highest BCUT2D eigenvalue weighted by Crippen LogP contribution is 2.45. The van der Waals surface area contributed by atoms with Gasteiger partial charge in [0.15, 0.2) is 0 Å². The van der Waals surface area contributed by atoms with Crippen molar-refractivity contribution in [2.75, 3.05) is 13.1 Å². The van der Waals surface area contributed by atoms with Crippen molar-refractivity contribution in [2.45, 2.75) is 102 Å². The summed E-state index contributed by atoms with van der Waals surface area (Å²) in [5.41, 5.74) is -1.46. The van der Waals surface area contributed by atoms with Gasteiger partial charge in [-0.05, 0) is 77.3 Å². The molecule has 1 saturated heterocycles. The van der Waals surface area contributed by atoms with Gasteiger partial charge in [0.25, 0.3) is 5.91 Å². The van der Waals surface area contributed by atoms with Crippen molar-refractivity contribution in [2.24, 2.45) is 5.92 Å². The van der Waals surface area contributed by atoms with E-state index < -0.39 is 57.3 Å². The van der Waals surface area contributed by atoms with E-state index in [4.69, 9.17) is 16.3 Å². The van der Waals surface area contributed by atoms with Crippen molar-refractivity contribution >= 4 is 45.6 Å². The van der Waals surface area contributed by atoms with Crippen LogP contribution in [0.2, 0.25) is 5.02 Å². The monoisotopic (exact) mass is 665 g/mol. The maximum absolute atomic E-state index is 13.7. The summed E-state index contributed by atoms with van der Waals surface area (Å²) < 4.78 is 35.5. The molecule has 0 spiro atoms. The van der Waals surface area contributed by atoms with E-state index in [1.54, 1.807) is 45.0 Å². The van der Waals surface area contributed by atoms with Gasteiger partial charge in [0.05, 0.1) is 0 Å². The first-order valence-electron chi connectivity index (χ1n) is 15.5. The van der Waals surface area contributed by atoms with Crippen molar-refractivity contribution in [1.82, 2.24) is 25.0 Å².